The van der Waals surface area contributed by atoms with E-state index in [0.717, 1.165) is 13.2 Å². The molecule has 7 heavy (non-hydrogen) atoms. The Morgan fingerprint density at radius 3 is 1.00 bits per heavy atom. The number of rotatable bonds is 0. The van der Waals surface area contributed by atoms with Gasteiger partial charge in [0.05, 0.1) is 13.2 Å². The molecular formula is C6H12O. The number of epoxide rings is 1. The first-order valence-corrected chi connectivity index (χ1v) is 3.08. The van der Waals surface area contributed by atoms with Gasteiger partial charge in [0.15, 0.2) is 0 Å². The highest BCUT2D eigenvalue weighted by Crippen LogP contribution is 2.15. The van der Waals surface area contributed by atoms with Crippen molar-refractivity contribution in [3.8, 4) is 0 Å². The van der Waals surface area contributed by atoms with E-state index in [2.05, 4.69) is 4.74 Å². The second-order valence-corrected chi connectivity index (χ2v) is 2.03. The van der Waals surface area contributed by atoms with Gasteiger partial charge in [-0.15, -0.1) is 0 Å². The molecule has 2 fully saturated rings. The highest BCUT2D eigenvalue weighted by molar-refractivity contribution is 4.50. The summed E-state index contributed by atoms with van der Waals surface area (Å²) in [5.74, 6) is 0. The molecule has 0 unspecified atom stereocenters. The molecule has 1 heteroatoms. The Morgan fingerprint density at radius 2 is 1.00 bits per heavy atom. The minimum atomic E-state index is 1.00. The zero-order chi connectivity index (χ0) is 4.95. The van der Waals surface area contributed by atoms with E-state index in [4.69, 9.17) is 0 Å². The van der Waals surface area contributed by atoms with E-state index in [1.807, 2.05) is 0 Å². The summed E-state index contributed by atoms with van der Waals surface area (Å²) in [4.78, 5) is 0. The monoisotopic (exact) mass is 100 g/mol. The average Bonchev–Trinajstić information content (AvgIpc) is 1.95. The van der Waals surface area contributed by atoms with Crippen LogP contribution in [0.4, 0.5) is 0 Å². The van der Waals surface area contributed by atoms with Gasteiger partial charge in [-0.25, -0.2) is 0 Å². The normalized spacial score (nSPS) is 24.0. The van der Waals surface area contributed by atoms with Crippen molar-refractivity contribution in [3.63, 3.8) is 0 Å². The van der Waals surface area contributed by atoms with E-state index in [1.54, 1.807) is 0 Å². The summed E-state index contributed by atoms with van der Waals surface area (Å²) >= 11 is 0. The van der Waals surface area contributed by atoms with E-state index < -0.39 is 0 Å². The molecule has 0 atom stereocenters. The first-order valence-electron chi connectivity index (χ1n) is 3.08. The van der Waals surface area contributed by atoms with Gasteiger partial charge >= 0.3 is 0 Å². The fourth-order valence-corrected chi connectivity index (χ4v) is 0.250. The molecule has 0 aromatic carbocycles. The molecule has 0 N–H and O–H groups in total. The molecule has 2 rings (SSSR count). The van der Waals surface area contributed by atoms with Gasteiger partial charge in [-0.3, -0.25) is 0 Å². The van der Waals surface area contributed by atoms with Gasteiger partial charge in [0.2, 0.25) is 0 Å². The molecule has 0 bridgehead atoms. The van der Waals surface area contributed by atoms with Crippen LogP contribution < -0.4 is 0 Å². The maximum absolute atomic E-state index is 4.50. The third kappa shape index (κ3) is 3.80. The fraction of sp³-hybridized carbons (Fsp3) is 1.00. The Bertz CT molecular complexity index is 30.7. The Kier molecular flexibility index (Phi) is 2.21. The average molecular weight is 100 g/mol. The van der Waals surface area contributed by atoms with Crippen molar-refractivity contribution >= 4 is 0 Å². The smallest absolute Gasteiger partial charge is 0.0701 e. The van der Waals surface area contributed by atoms with Crippen LogP contribution in [0.15, 0.2) is 0 Å². The molecule has 1 nitrogen and oxygen atoms in total. The van der Waals surface area contributed by atoms with Crippen LogP contribution in [0.2, 0.25) is 0 Å². The second-order valence-electron chi connectivity index (χ2n) is 2.03. The molecule has 1 aliphatic heterocycles. The minimum absolute atomic E-state index is 1.00. The van der Waals surface area contributed by atoms with Crippen molar-refractivity contribution in [2.45, 2.75) is 25.7 Å². The minimum Gasteiger partial charge on any atom is -0.377 e. The van der Waals surface area contributed by atoms with E-state index in [0.29, 0.717) is 0 Å². The first kappa shape index (κ1) is 5.10. The Morgan fingerprint density at radius 1 is 0.714 bits per heavy atom. The van der Waals surface area contributed by atoms with Gasteiger partial charge in [0, 0.05) is 0 Å². The maximum atomic E-state index is 4.50. The van der Waals surface area contributed by atoms with Crippen LogP contribution in [-0.2, 0) is 4.74 Å². The van der Waals surface area contributed by atoms with E-state index >= 15 is 0 Å². The summed E-state index contributed by atoms with van der Waals surface area (Å²) < 4.78 is 4.50. The molecule has 0 spiro atoms. The molecule has 42 valence electrons. The molecule has 1 saturated heterocycles. The fourth-order valence-electron chi connectivity index (χ4n) is 0.250. The number of ether oxygens (including phenoxy) is 1. The predicted octanol–water partition coefficient (Wildman–Crippen LogP) is 1.58. The summed E-state index contributed by atoms with van der Waals surface area (Å²) in [5.41, 5.74) is 0. The topological polar surface area (TPSA) is 12.5 Å². The van der Waals surface area contributed by atoms with Crippen molar-refractivity contribution in [1.29, 1.82) is 0 Å². The molecule has 1 aliphatic carbocycles. The lowest BCUT2D eigenvalue weighted by atomic mass is 10.0. The first-order chi connectivity index (χ1) is 3.50. The third-order valence-electron chi connectivity index (χ3n) is 1.20. The van der Waals surface area contributed by atoms with Crippen LogP contribution in [0, 0.1) is 0 Å². The molecular weight excluding hydrogens is 88.1 g/mol. The highest BCUT2D eigenvalue weighted by atomic mass is 16.6. The lowest BCUT2D eigenvalue weighted by molar-refractivity contribution is 0.475. The van der Waals surface area contributed by atoms with Gasteiger partial charge in [-0.2, -0.15) is 0 Å². The van der Waals surface area contributed by atoms with Crippen molar-refractivity contribution in [1.82, 2.24) is 0 Å². The highest BCUT2D eigenvalue weighted by Gasteiger charge is 1.95. The Balaban J connectivity index is 0.0000000729. The van der Waals surface area contributed by atoms with E-state index in [1.165, 1.54) is 25.7 Å². The van der Waals surface area contributed by atoms with Gasteiger partial charge < -0.3 is 4.74 Å². The Hall–Kier alpha value is -0.0400. The van der Waals surface area contributed by atoms with E-state index in [9.17, 15) is 0 Å². The largest absolute Gasteiger partial charge is 0.377 e. The zero-order valence-electron chi connectivity index (χ0n) is 4.65. The van der Waals surface area contributed by atoms with Gasteiger partial charge in [-0.05, 0) is 0 Å². The Labute approximate surface area is 44.7 Å². The number of hydrogen-bond donors (Lipinski definition) is 0. The summed E-state index contributed by atoms with van der Waals surface area (Å²) in [6, 6.07) is 0. The second kappa shape index (κ2) is 3.03. The summed E-state index contributed by atoms with van der Waals surface area (Å²) in [5, 5.41) is 0. The van der Waals surface area contributed by atoms with Crippen molar-refractivity contribution in [2.75, 3.05) is 13.2 Å². The summed E-state index contributed by atoms with van der Waals surface area (Å²) in [6.45, 7) is 2.00. The molecule has 2 aliphatic rings. The van der Waals surface area contributed by atoms with E-state index in [-0.39, 0.29) is 0 Å². The lowest BCUT2D eigenvalue weighted by Crippen LogP contribution is -1.85. The summed E-state index contributed by atoms with van der Waals surface area (Å²) in [6.07, 6.45) is 6.00. The SMILES string of the molecule is C1CCC1.C1CO1. The summed E-state index contributed by atoms with van der Waals surface area (Å²) in [7, 11) is 0. The molecule has 0 amide bonds. The molecule has 0 radical (unpaired) electrons. The van der Waals surface area contributed by atoms with Crippen LogP contribution >= 0.6 is 0 Å². The standard InChI is InChI=1S/C4H8.C2H4O/c1-2-4-3-1;1-2-3-1/h1-4H2;1-2H2. The zero-order valence-corrected chi connectivity index (χ0v) is 4.65. The lowest BCUT2D eigenvalue weighted by Gasteiger charge is -2.05. The van der Waals surface area contributed by atoms with Crippen LogP contribution in [-0.4, -0.2) is 13.2 Å². The van der Waals surface area contributed by atoms with Crippen molar-refractivity contribution < 1.29 is 4.74 Å². The van der Waals surface area contributed by atoms with Crippen LogP contribution in [0.1, 0.15) is 25.7 Å². The molecule has 1 heterocycles. The van der Waals surface area contributed by atoms with Crippen LogP contribution in [0.5, 0.6) is 0 Å². The quantitative estimate of drug-likeness (QED) is 0.421. The van der Waals surface area contributed by atoms with Crippen LogP contribution in [0.3, 0.4) is 0 Å². The molecule has 1 saturated carbocycles. The third-order valence-corrected chi connectivity index (χ3v) is 1.20. The van der Waals surface area contributed by atoms with Gasteiger partial charge in [0.25, 0.3) is 0 Å². The van der Waals surface area contributed by atoms with Gasteiger partial charge in [0.1, 0.15) is 0 Å². The maximum Gasteiger partial charge on any atom is 0.0701 e. The van der Waals surface area contributed by atoms with Gasteiger partial charge in [-0.1, -0.05) is 25.7 Å². The number of hydrogen-bond acceptors (Lipinski definition) is 1. The van der Waals surface area contributed by atoms with Crippen molar-refractivity contribution in [2.24, 2.45) is 0 Å². The molecule has 0 aromatic rings. The van der Waals surface area contributed by atoms with Crippen LogP contribution in [0.25, 0.3) is 0 Å². The predicted molar refractivity (Wildman–Crippen MR) is 29.3 cm³/mol. The molecule has 0 aromatic heterocycles. The van der Waals surface area contributed by atoms with Crippen molar-refractivity contribution in [3.05, 3.63) is 0 Å².